The Hall–Kier alpha value is -1.19. The summed E-state index contributed by atoms with van der Waals surface area (Å²) in [5, 5.41) is 3.69. The first-order valence-corrected chi connectivity index (χ1v) is 8.33. The van der Waals surface area contributed by atoms with Crippen molar-refractivity contribution >= 4 is 11.3 Å². The highest BCUT2D eigenvalue weighted by Gasteiger charge is 2.18. The number of rotatable bonds is 4. The van der Waals surface area contributed by atoms with E-state index in [-0.39, 0.29) is 0 Å². The van der Waals surface area contributed by atoms with Gasteiger partial charge in [-0.1, -0.05) is 6.07 Å². The van der Waals surface area contributed by atoms with Crippen LogP contribution in [0.5, 0.6) is 0 Å². The third kappa shape index (κ3) is 2.94. The lowest BCUT2D eigenvalue weighted by molar-refractivity contribution is 0.499. The Bertz CT molecular complexity index is 538. The minimum absolute atomic E-state index is 0.331. The first kappa shape index (κ1) is 13.8. The summed E-state index contributed by atoms with van der Waals surface area (Å²) in [7, 11) is 0. The number of nitrogens with one attached hydrogen (secondary N) is 1. The molecule has 2 aromatic rings. The summed E-state index contributed by atoms with van der Waals surface area (Å²) in [5.74, 6) is 0. The molecule has 2 nitrogen and oxygen atoms in total. The maximum Gasteiger partial charge on any atom is 0.0391 e. The van der Waals surface area contributed by atoms with E-state index in [4.69, 9.17) is 0 Å². The second-order valence-corrected chi connectivity index (χ2v) is 6.87. The van der Waals surface area contributed by atoms with E-state index in [1.165, 1.54) is 36.1 Å². The number of thiophene rings is 1. The highest BCUT2D eigenvalue weighted by atomic mass is 32.1. The van der Waals surface area contributed by atoms with Gasteiger partial charge in [0.2, 0.25) is 0 Å². The van der Waals surface area contributed by atoms with E-state index < -0.39 is 0 Å². The largest absolute Gasteiger partial charge is 0.303 e. The van der Waals surface area contributed by atoms with Crippen LogP contribution in [0.2, 0.25) is 0 Å². The van der Waals surface area contributed by atoms with Crippen molar-refractivity contribution in [2.45, 2.75) is 51.6 Å². The Morgan fingerprint density at radius 3 is 2.80 bits per heavy atom. The molecule has 0 saturated heterocycles. The molecule has 0 aliphatic heterocycles. The van der Waals surface area contributed by atoms with Crippen LogP contribution in [0.3, 0.4) is 0 Å². The average Bonchev–Trinajstić information content (AvgIpc) is 2.92. The average molecular weight is 286 g/mol. The van der Waals surface area contributed by atoms with E-state index in [0.29, 0.717) is 12.1 Å². The van der Waals surface area contributed by atoms with Gasteiger partial charge in [0.1, 0.15) is 0 Å². The summed E-state index contributed by atoms with van der Waals surface area (Å²) in [6.45, 7) is 4.48. The van der Waals surface area contributed by atoms with Crippen molar-refractivity contribution in [1.82, 2.24) is 10.3 Å². The normalized spacial score (nSPS) is 17.5. The molecule has 2 aromatic heterocycles. The third-order valence-corrected chi connectivity index (χ3v) is 5.55. The molecule has 1 N–H and O–H groups in total. The second-order valence-electron chi connectivity index (χ2n) is 5.70. The molecule has 0 aromatic carbocycles. The number of hydrogen-bond acceptors (Lipinski definition) is 3. The van der Waals surface area contributed by atoms with Crippen molar-refractivity contribution in [2.75, 3.05) is 0 Å². The maximum absolute atomic E-state index is 4.20. The van der Waals surface area contributed by atoms with Gasteiger partial charge in [0.15, 0.2) is 0 Å². The van der Waals surface area contributed by atoms with Gasteiger partial charge in [-0.25, -0.2) is 0 Å². The highest BCUT2D eigenvalue weighted by molar-refractivity contribution is 7.12. The van der Waals surface area contributed by atoms with Crippen molar-refractivity contribution in [1.29, 1.82) is 0 Å². The SMILES string of the molecule is CC(N[C@H](C)c1cccnc1)c1cc2c(s1)CCCC2. The number of aryl methyl sites for hydroxylation is 2. The Balaban J connectivity index is 1.70. The fourth-order valence-electron chi connectivity index (χ4n) is 2.91. The lowest BCUT2D eigenvalue weighted by Gasteiger charge is -2.19. The minimum Gasteiger partial charge on any atom is -0.303 e. The maximum atomic E-state index is 4.20. The molecule has 2 heterocycles. The molecule has 0 radical (unpaired) electrons. The smallest absolute Gasteiger partial charge is 0.0391 e. The quantitative estimate of drug-likeness (QED) is 0.899. The number of nitrogens with zero attached hydrogens (tertiary/aromatic N) is 1. The monoisotopic (exact) mass is 286 g/mol. The molecule has 20 heavy (non-hydrogen) atoms. The van der Waals surface area contributed by atoms with Crippen molar-refractivity contribution in [3.8, 4) is 0 Å². The summed E-state index contributed by atoms with van der Waals surface area (Å²) in [4.78, 5) is 7.30. The topological polar surface area (TPSA) is 24.9 Å². The first-order chi connectivity index (χ1) is 9.74. The van der Waals surface area contributed by atoms with Gasteiger partial charge < -0.3 is 5.32 Å². The molecule has 1 aliphatic rings. The molecule has 2 atom stereocenters. The van der Waals surface area contributed by atoms with Gasteiger partial charge in [0, 0.05) is 34.2 Å². The first-order valence-electron chi connectivity index (χ1n) is 7.51. The zero-order valence-electron chi connectivity index (χ0n) is 12.2. The molecular weight excluding hydrogens is 264 g/mol. The predicted molar refractivity (Wildman–Crippen MR) is 85.2 cm³/mol. The Labute approximate surface area is 125 Å². The van der Waals surface area contributed by atoms with Crippen LogP contribution in [0.25, 0.3) is 0 Å². The Kier molecular flexibility index (Phi) is 4.18. The summed E-state index contributed by atoms with van der Waals surface area (Å²) >= 11 is 2.00. The fourth-order valence-corrected chi connectivity index (χ4v) is 4.18. The summed E-state index contributed by atoms with van der Waals surface area (Å²) in [5.41, 5.74) is 2.85. The standard InChI is InChI=1S/C17H22N2S/c1-12(15-7-5-9-18-11-15)19-13(2)17-10-14-6-3-4-8-16(14)20-17/h5,7,9-13,19H,3-4,6,8H2,1-2H3/t12-,13?/m1/s1. The van der Waals surface area contributed by atoms with E-state index in [2.05, 4.69) is 36.3 Å². The number of aromatic nitrogens is 1. The molecule has 0 amide bonds. The van der Waals surface area contributed by atoms with Crippen molar-refractivity contribution in [3.05, 3.63) is 51.5 Å². The molecule has 0 fully saturated rings. The van der Waals surface area contributed by atoms with Crippen LogP contribution in [0, 0.1) is 0 Å². The molecule has 3 heteroatoms. The van der Waals surface area contributed by atoms with Crippen molar-refractivity contribution < 1.29 is 0 Å². The van der Waals surface area contributed by atoms with Gasteiger partial charge in [-0.15, -0.1) is 11.3 Å². The third-order valence-electron chi connectivity index (χ3n) is 4.13. The predicted octanol–water partition coefficient (Wildman–Crippen LogP) is 4.43. The number of pyridine rings is 1. The molecule has 1 unspecified atom stereocenters. The summed E-state index contributed by atoms with van der Waals surface area (Å²) in [6.07, 6.45) is 9.05. The Morgan fingerprint density at radius 2 is 2.05 bits per heavy atom. The lowest BCUT2D eigenvalue weighted by Crippen LogP contribution is -2.21. The van der Waals surface area contributed by atoms with Crippen molar-refractivity contribution in [2.24, 2.45) is 0 Å². The minimum atomic E-state index is 0.331. The molecule has 0 bridgehead atoms. The van der Waals surface area contributed by atoms with Crippen LogP contribution in [0.4, 0.5) is 0 Å². The van der Waals surface area contributed by atoms with Crippen LogP contribution in [-0.2, 0) is 12.8 Å². The summed E-state index contributed by atoms with van der Waals surface area (Å²) < 4.78 is 0. The second kappa shape index (κ2) is 6.06. The molecule has 3 rings (SSSR count). The molecule has 106 valence electrons. The van der Waals surface area contributed by atoms with Crippen LogP contribution in [-0.4, -0.2) is 4.98 Å². The van der Waals surface area contributed by atoms with Gasteiger partial charge in [-0.3, -0.25) is 4.98 Å². The van der Waals surface area contributed by atoms with Gasteiger partial charge >= 0.3 is 0 Å². The van der Waals surface area contributed by atoms with Crippen LogP contribution in [0.15, 0.2) is 30.6 Å². The van der Waals surface area contributed by atoms with Crippen LogP contribution >= 0.6 is 11.3 Å². The van der Waals surface area contributed by atoms with E-state index in [1.807, 2.05) is 29.8 Å². The van der Waals surface area contributed by atoms with Gasteiger partial charge in [0.25, 0.3) is 0 Å². The van der Waals surface area contributed by atoms with Gasteiger partial charge in [0.05, 0.1) is 0 Å². The van der Waals surface area contributed by atoms with Gasteiger partial charge in [-0.2, -0.15) is 0 Å². The van der Waals surface area contributed by atoms with E-state index >= 15 is 0 Å². The molecular formula is C17H22N2S. The van der Waals surface area contributed by atoms with Crippen LogP contribution in [0.1, 0.15) is 59.7 Å². The van der Waals surface area contributed by atoms with E-state index in [1.54, 1.807) is 10.4 Å². The molecule has 0 saturated carbocycles. The zero-order valence-corrected chi connectivity index (χ0v) is 13.0. The van der Waals surface area contributed by atoms with Gasteiger partial charge in [-0.05, 0) is 62.8 Å². The lowest BCUT2D eigenvalue weighted by atomic mass is 9.99. The molecule has 1 aliphatic carbocycles. The number of hydrogen-bond donors (Lipinski definition) is 1. The zero-order chi connectivity index (χ0) is 13.9. The molecule has 0 spiro atoms. The fraction of sp³-hybridized carbons (Fsp3) is 0.471. The summed E-state index contributed by atoms with van der Waals surface area (Å²) in [6, 6.07) is 7.30. The Morgan fingerprint density at radius 1 is 1.20 bits per heavy atom. The number of fused-ring (bicyclic) bond motifs is 1. The van der Waals surface area contributed by atoms with E-state index in [0.717, 1.165) is 0 Å². The van der Waals surface area contributed by atoms with Crippen LogP contribution < -0.4 is 5.32 Å². The van der Waals surface area contributed by atoms with E-state index in [9.17, 15) is 0 Å². The highest BCUT2D eigenvalue weighted by Crippen LogP contribution is 2.33. The van der Waals surface area contributed by atoms with Crippen molar-refractivity contribution in [3.63, 3.8) is 0 Å².